The van der Waals surface area contributed by atoms with Crippen molar-refractivity contribution in [3.63, 3.8) is 0 Å². The van der Waals surface area contributed by atoms with Crippen LogP contribution in [0.25, 0.3) is 0 Å². The van der Waals surface area contributed by atoms with Crippen LogP contribution in [-0.2, 0) is 18.3 Å². The highest BCUT2D eigenvalue weighted by Gasteiger charge is 2.40. The summed E-state index contributed by atoms with van der Waals surface area (Å²) in [5, 5.41) is 15.3. The zero-order chi connectivity index (χ0) is 10.3. The van der Waals surface area contributed by atoms with Gasteiger partial charge in [0, 0.05) is 6.04 Å². The Morgan fingerprint density at radius 3 is 3.07 bits per heavy atom. The molecule has 82 valence electrons. The molecule has 3 atom stereocenters. The molecule has 2 aliphatic heterocycles. The van der Waals surface area contributed by atoms with Crippen molar-refractivity contribution in [1.82, 2.24) is 25.5 Å². The minimum absolute atomic E-state index is 0.409. The lowest BCUT2D eigenvalue weighted by atomic mass is 9.95. The van der Waals surface area contributed by atoms with E-state index in [9.17, 15) is 0 Å². The molecule has 0 spiro atoms. The average Bonchev–Trinajstić information content (AvgIpc) is 2.90. The molecular weight excluding hydrogens is 194 g/mol. The first-order chi connectivity index (χ1) is 7.31. The third kappa shape index (κ3) is 1.74. The third-order valence-corrected chi connectivity index (χ3v) is 3.18. The molecule has 3 heterocycles. The molecule has 0 aromatic carbocycles. The normalized spacial score (nSPS) is 33.8. The summed E-state index contributed by atoms with van der Waals surface area (Å²) in [4.78, 5) is 1.48. The number of fused-ring (bicyclic) bond motifs is 2. The van der Waals surface area contributed by atoms with Crippen LogP contribution in [0, 0.1) is 0 Å². The van der Waals surface area contributed by atoms with E-state index in [0.29, 0.717) is 24.8 Å². The van der Waals surface area contributed by atoms with E-state index < -0.39 is 0 Å². The summed E-state index contributed by atoms with van der Waals surface area (Å²) in [6.07, 6.45) is 4.45. The molecule has 2 fully saturated rings. The molecule has 0 saturated carbocycles. The van der Waals surface area contributed by atoms with Crippen molar-refractivity contribution in [2.45, 2.75) is 44.1 Å². The first-order valence-electron chi connectivity index (χ1n) is 5.43. The molecule has 0 aliphatic carbocycles. The van der Waals surface area contributed by atoms with E-state index >= 15 is 0 Å². The van der Waals surface area contributed by atoms with Crippen molar-refractivity contribution in [2.24, 2.45) is 7.05 Å². The molecule has 1 aromatic heterocycles. The van der Waals surface area contributed by atoms with E-state index in [-0.39, 0.29) is 0 Å². The van der Waals surface area contributed by atoms with Crippen molar-refractivity contribution in [3.8, 4) is 0 Å². The molecule has 1 N–H and O–H groups in total. The van der Waals surface area contributed by atoms with Crippen LogP contribution in [0.4, 0.5) is 0 Å². The molecular formula is C9H15N5O. The summed E-state index contributed by atoms with van der Waals surface area (Å²) in [5.41, 5.74) is 0. The van der Waals surface area contributed by atoms with E-state index in [0.717, 1.165) is 12.2 Å². The predicted octanol–water partition coefficient (Wildman–Crippen LogP) is -0.380. The fraction of sp³-hybridized carbons (Fsp3) is 0.889. The van der Waals surface area contributed by atoms with Crippen LogP contribution in [-0.4, -0.2) is 38.5 Å². The predicted molar refractivity (Wildman–Crippen MR) is 51.9 cm³/mol. The lowest BCUT2D eigenvalue weighted by Crippen LogP contribution is -2.37. The molecule has 2 aliphatic rings. The first-order valence-corrected chi connectivity index (χ1v) is 5.43. The molecule has 2 saturated heterocycles. The van der Waals surface area contributed by atoms with Gasteiger partial charge in [-0.3, -0.25) is 0 Å². The van der Waals surface area contributed by atoms with Crippen LogP contribution in [0.3, 0.4) is 0 Å². The van der Waals surface area contributed by atoms with E-state index in [4.69, 9.17) is 4.74 Å². The summed E-state index contributed by atoms with van der Waals surface area (Å²) in [5.74, 6) is 0.750. The largest absolute Gasteiger partial charge is 0.373 e. The Hall–Kier alpha value is -1.01. The Labute approximate surface area is 88.0 Å². The number of nitrogens with zero attached hydrogens (tertiary/aromatic N) is 4. The van der Waals surface area contributed by atoms with Crippen molar-refractivity contribution >= 4 is 0 Å². The van der Waals surface area contributed by atoms with Gasteiger partial charge in [0.15, 0.2) is 5.82 Å². The lowest BCUT2D eigenvalue weighted by Gasteiger charge is -2.18. The number of tetrazole rings is 1. The van der Waals surface area contributed by atoms with Crippen molar-refractivity contribution < 1.29 is 4.74 Å². The maximum Gasteiger partial charge on any atom is 0.188 e. The number of rotatable bonds is 3. The third-order valence-electron chi connectivity index (χ3n) is 3.18. The monoisotopic (exact) mass is 209 g/mol. The van der Waals surface area contributed by atoms with E-state index in [2.05, 4.69) is 20.7 Å². The van der Waals surface area contributed by atoms with Crippen LogP contribution in [0.1, 0.15) is 25.1 Å². The second-order valence-corrected chi connectivity index (χ2v) is 4.29. The fourth-order valence-corrected chi connectivity index (χ4v) is 2.47. The lowest BCUT2D eigenvalue weighted by molar-refractivity contribution is 0.0972. The molecule has 3 rings (SSSR count). The molecule has 6 nitrogen and oxygen atoms in total. The number of aryl methyl sites for hydroxylation is 1. The Bertz CT molecular complexity index is 352. The van der Waals surface area contributed by atoms with Gasteiger partial charge in [-0.15, -0.1) is 10.2 Å². The molecule has 1 aromatic rings. The topological polar surface area (TPSA) is 64.9 Å². The van der Waals surface area contributed by atoms with Gasteiger partial charge in [0.2, 0.25) is 0 Å². The SMILES string of the molecule is Cn1nnc(CNC2CC3CCC2O3)n1. The fourth-order valence-electron chi connectivity index (χ4n) is 2.47. The minimum Gasteiger partial charge on any atom is -0.373 e. The van der Waals surface area contributed by atoms with Gasteiger partial charge in [-0.1, -0.05) is 0 Å². The van der Waals surface area contributed by atoms with Crippen LogP contribution in [0.2, 0.25) is 0 Å². The van der Waals surface area contributed by atoms with Gasteiger partial charge in [-0.05, 0) is 24.5 Å². The van der Waals surface area contributed by atoms with E-state index in [1.807, 2.05) is 0 Å². The second kappa shape index (κ2) is 3.53. The average molecular weight is 209 g/mol. The Balaban J connectivity index is 1.54. The number of hydrogen-bond acceptors (Lipinski definition) is 5. The minimum atomic E-state index is 0.409. The maximum atomic E-state index is 5.75. The summed E-state index contributed by atoms with van der Waals surface area (Å²) < 4.78 is 5.75. The highest BCUT2D eigenvalue weighted by molar-refractivity contribution is 4.94. The zero-order valence-corrected chi connectivity index (χ0v) is 8.76. The van der Waals surface area contributed by atoms with Crippen molar-refractivity contribution in [3.05, 3.63) is 5.82 Å². The molecule has 15 heavy (non-hydrogen) atoms. The highest BCUT2D eigenvalue weighted by Crippen LogP contribution is 2.34. The molecule has 3 unspecified atom stereocenters. The van der Waals surface area contributed by atoms with Crippen LogP contribution in [0.15, 0.2) is 0 Å². The number of nitrogens with one attached hydrogen (secondary N) is 1. The summed E-state index contributed by atoms with van der Waals surface area (Å²) in [7, 11) is 1.77. The van der Waals surface area contributed by atoms with Gasteiger partial charge in [-0.25, -0.2) is 0 Å². The van der Waals surface area contributed by atoms with Gasteiger partial charge in [0.25, 0.3) is 0 Å². The first kappa shape index (κ1) is 9.23. The molecule has 2 bridgehead atoms. The summed E-state index contributed by atoms with van der Waals surface area (Å²) in [6.45, 7) is 0.686. The van der Waals surface area contributed by atoms with Gasteiger partial charge in [0.05, 0.1) is 25.8 Å². The van der Waals surface area contributed by atoms with Gasteiger partial charge in [0.1, 0.15) is 0 Å². The van der Waals surface area contributed by atoms with E-state index in [1.165, 1.54) is 17.6 Å². The number of aromatic nitrogens is 4. The Morgan fingerprint density at radius 1 is 1.53 bits per heavy atom. The quantitative estimate of drug-likeness (QED) is 0.735. The Morgan fingerprint density at radius 2 is 2.47 bits per heavy atom. The van der Waals surface area contributed by atoms with Crippen LogP contribution in [0.5, 0.6) is 0 Å². The maximum absolute atomic E-state index is 5.75. The molecule has 0 amide bonds. The second-order valence-electron chi connectivity index (χ2n) is 4.29. The highest BCUT2D eigenvalue weighted by atomic mass is 16.5. The van der Waals surface area contributed by atoms with Crippen molar-refractivity contribution in [2.75, 3.05) is 0 Å². The Kier molecular flexibility index (Phi) is 2.17. The number of hydrogen-bond donors (Lipinski definition) is 1. The summed E-state index contributed by atoms with van der Waals surface area (Å²) >= 11 is 0. The van der Waals surface area contributed by atoms with E-state index in [1.54, 1.807) is 7.05 Å². The number of ether oxygens (including phenoxy) is 1. The van der Waals surface area contributed by atoms with Crippen LogP contribution < -0.4 is 5.32 Å². The standard InChI is InChI=1S/C9H15N5O/c1-14-12-9(11-13-14)5-10-7-4-6-2-3-8(7)15-6/h6-8,10H,2-5H2,1H3. The zero-order valence-electron chi connectivity index (χ0n) is 8.76. The smallest absolute Gasteiger partial charge is 0.188 e. The van der Waals surface area contributed by atoms with Gasteiger partial charge < -0.3 is 10.1 Å². The van der Waals surface area contributed by atoms with Gasteiger partial charge >= 0.3 is 0 Å². The molecule has 0 radical (unpaired) electrons. The molecule has 6 heteroatoms. The van der Waals surface area contributed by atoms with Gasteiger partial charge in [-0.2, -0.15) is 4.80 Å². The summed E-state index contributed by atoms with van der Waals surface area (Å²) in [6, 6.07) is 0.479. The van der Waals surface area contributed by atoms with Crippen LogP contribution >= 0.6 is 0 Å². The van der Waals surface area contributed by atoms with Crippen molar-refractivity contribution in [1.29, 1.82) is 0 Å².